The Morgan fingerprint density at radius 1 is 1.38 bits per heavy atom. The number of carboxylic acid groups (broad SMARTS) is 1. The maximum absolute atomic E-state index is 12.4. The Morgan fingerprint density at radius 3 is 2.92 bits per heavy atom. The third kappa shape index (κ3) is 2.53. The van der Waals surface area contributed by atoms with Gasteiger partial charge in [0, 0.05) is 13.0 Å². The first-order valence-electron chi connectivity index (χ1n) is 8.24. The molecule has 2 bridgehead atoms. The molecule has 128 valence electrons. The van der Waals surface area contributed by atoms with E-state index in [9.17, 15) is 14.7 Å². The van der Waals surface area contributed by atoms with E-state index in [1.807, 2.05) is 30.3 Å². The maximum atomic E-state index is 12.4. The molecule has 0 aromatic heterocycles. The second-order valence-electron chi connectivity index (χ2n) is 6.60. The van der Waals surface area contributed by atoms with Gasteiger partial charge in [0.25, 0.3) is 0 Å². The molecule has 4 aliphatic rings. The molecule has 1 N–H and O–H groups in total. The lowest BCUT2D eigenvalue weighted by Crippen LogP contribution is -2.76. The summed E-state index contributed by atoms with van der Waals surface area (Å²) in [5.41, 5.74) is 0.461. The van der Waals surface area contributed by atoms with Crippen molar-refractivity contribution in [3.8, 4) is 0 Å². The van der Waals surface area contributed by atoms with E-state index in [0.29, 0.717) is 13.1 Å². The van der Waals surface area contributed by atoms with Crippen LogP contribution in [0.3, 0.4) is 0 Å². The van der Waals surface area contributed by atoms with Crippen molar-refractivity contribution in [2.75, 3.05) is 19.6 Å². The van der Waals surface area contributed by atoms with Gasteiger partial charge in [0.2, 0.25) is 6.10 Å². The van der Waals surface area contributed by atoms with Gasteiger partial charge in [-0.3, -0.25) is 4.90 Å². The third-order valence-corrected chi connectivity index (χ3v) is 5.05. The molecule has 3 atom stereocenters. The molecule has 4 heterocycles. The number of piperazine rings is 1. The molecule has 0 radical (unpaired) electrons. The number of hydrogen-bond donors (Lipinski definition) is 1. The Bertz CT molecular complexity index is 652. The summed E-state index contributed by atoms with van der Waals surface area (Å²) in [7, 11) is 0. The Kier molecular flexibility index (Phi) is 3.69. The van der Waals surface area contributed by atoms with Crippen LogP contribution in [0.1, 0.15) is 18.4 Å². The molecule has 0 saturated carbocycles. The van der Waals surface area contributed by atoms with Gasteiger partial charge in [0.15, 0.2) is 0 Å². The molecule has 1 amide bonds. The molecule has 4 fully saturated rings. The zero-order valence-electron chi connectivity index (χ0n) is 13.3. The van der Waals surface area contributed by atoms with E-state index in [4.69, 9.17) is 9.47 Å². The number of rotatable bonds is 4. The van der Waals surface area contributed by atoms with Crippen LogP contribution in [0.5, 0.6) is 0 Å². The van der Waals surface area contributed by atoms with Gasteiger partial charge >= 0.3 is 12.1 Å². The van der Waals surface area contributed by atoms with E-state index in [2.05, 4.69) is 4.90 Å². The molecule has 4 aliphatic heterocycles. The number of carbonyl (C=O) groups excluding carboxylic acids is 1. The summed E-state index contributed by atoms with van der Waals surface area (Å²) in [6.45, 7) is 1.87. The SMILES string of the molecule is O=C(O)[C@H](Cc1ccccc1)OC(=O)N1CC2O[C@@]3(CCCN23)C1. The molecule has 1 aromatic rings. The summed E-state index contributed by atoms with van der Waals surface area (Å²) >= 11 is 0. The number of amides is 1. The Morgan fingerprint density at radius 2 is 2.17 bits per heavy atom. The first-order chi connectivity index (χ1) is 11.6. The molecule has 4 saturated heterocycles. The standard InChI is InChI=1S/C17H20N2O5/c20-15(21)13(9-12-5-2-1-3-6-12)23-16(22)18-10-14-19-8-4-7-17(19,11-18)24-14/h1-3,5-6,13-14H,4,7-11H2,(H,20,21)/t13-,14?,17-/m0/s1. The molecule has 7 nitrogen and oxygen atoms in total. The smallest absolute Gasteiger partial charge is 0.410 e. The minimum absolute atomic E-state index is 0.0776. The minimum Gasteiger partial charge on any atom is -0.478 e. The van der Waals surface area contributed by atoms with Gasteiger partial charge < -0.3 is 14.6 Å². The highest BCUT2D eigenvalue weighted by Gasteiger charge is 2.61. The summed E-state index contributed by atoms with van der Waals surface area (Å²) in [6.07, 6.45) is 0.289. The number of benzene rings is 1. The zero-order valence-corrected chi connectivity index (χ0v) is 13.3. The molecule has 1 aromatic carbocycles. The van der Waals surface area contributed by atoms with E-state index >= 15 is 0 Å². The van der Waals surface area contributed by atoms with Gasteiger partial charge in [0.1, 0.15) is 12.0 Å². The van der Waals surface area contributed by atoms with Crippen molar-refractivity contribution in [3.63, 3.8) is 0 Å². The summed E-state index contributed by atoms with van der Waals surface area (Å²) < 4.78 is 11.2. The van der Waals surface area contributed by atoms with Gasteiger partial charge in [0.05, 0.1) is 13.1 Å². The van der Waals surface area contributed by atoms with Crippen LogP contribution in [0, 0.1) is 0 Å². The zero-order chi connectivity index (χ0) is 16.7. The van der Waals surface area contributed by atoms with Crippen molar-refractivity contribution in [1.29, 1.82) is 0 Å². The lowest BCUT2D eigenvalue weighted by atomic mass is 10.0. The van der Waals surface area contributed by atoms with Crippen molar-refractivity contribution in [3.05, 3.63) is 35.9 Å². The lowest BCUT2D eigenvalue weighted by Gasteiger charge is -2.60. The fourth-order valence-corrected chi connectivity index (χ4v) is 3.91. The highest BCUT2D eigenvalue weighted by Crippen LogP contribution is 2.46. The van der Waals surface area contributed by atoms with Crippen LogP contribution >= 0.6 is 0 Å². The van der Waals surface area contributed by atoms with Crippen molar-refractivity contribution in [2.45, 2.75) is 37.3 Å². The number of nitrogens with zero attached hydrogens (tertiary/aromatic N) is 2. The van der Waals surface area contributed by atoms with E-state index in [-0.39, 0.29) is 18.4 Å². The molecular weight excluding hydrogens is 312 g/mol. The largest absolute Gasteiger partial charge is 0.478 e. The predicted molar refractivity (Wildman–Crippen MR) is 83.2 cm³/mol. The summed E-state index contributed by atoms with van der Waals surface area (Å²) in [5.74, 6) is -1.13. The van der Waals surface area contributed by atoms with Gasteiger partial charge in [-0.25, -0.2) is 14.5 Å². The number of carbonyl (C=O) groups is 2. The number of aliphatic carboxylic acids is 1. The number of hydrogen-bond acceptors (Lipinski definition) is 5. The van der Waals surface area contributed by atoms with Gasteiger partial charge in [-0.05, 0) is 18.4 Å². The minimum atomic E-state index is -1.18. The van der Waals surface area contributed by atoms with Crippen molar-refractivity contribution < 1.29 is 24.2 Å². The van der Waals surface area contributed by atoms with Gasteiger partial charge in [-0.2, -0.15) is 0 Å². The highest BCUT2D eigenvalue weighted by molar-refractivity contribution is 5.77. The Hall–Kier alpha value is -2.12. The number of morpholine rings is 1. The van der Waals surface area contributed by atoms with Crippen LogP contribution in [0.2, 0.25) is 0 Å². The molecule has 5 rings (SSSR count). The number of carboxylic acids is 1. The molecule has 0 aliphatic carbocycles. The molecule has 1 unspecified atom stereocenters. The van der Waals surface area contributed by atoms with E-state index in [1.165, 1.54) is 0 Å². The third-order valence-electron chi connectivity index (χ3n) is 5.05. The fraction of sp³-hybridized carbons (Fsp3) is 0.529. The molecule has 1 spiro atoms. The fourth-order valence-electron chi connectivity index (χ4n) is 3.91. The first-order valence-corrected chi connectivity index (χ1v) is 8.24. The summed E-state index contributed by atoms with van der Waals surface area (Å²) in [4.78, 5) is 27.7. The number of ether oxygens (including phenoxy) is 2. The molecule has 7 heteroatoms. The summed E-state index contributed by atoms with van der Waals surface area (Å²) in [5, 5.41) is 9.36. The molecule has 24 heavy (non-hydrogen) atoms. The monoisotopic (exact) mass is 332 g/mol. The second-order valence-corrected chi connectivity index (χ2v) is 6.60. The van der Waals surface area contributed by atoms with Gasteiger partial charge in [-0.1, -0.05) is 30.3 Å². The quantitative estimate of drug-likeness (QED) is 0.895. The van der Waals surface area contributed by atoms with Crippen molar-refractivity contribution in [2.24, 2.45) is 0 Å². The number of fused-ring (bicyclic) bond motifs is 2. The topological polar surface area (TPSA) is 79.3 Å². The average molecular weight is 332 g/mol. The first kappa shape index (κ1) is 15.4. The summed E-state index contributed by atoms with van der Waals surface area (Å²) in [6, 6.07) is 9.17. The van der Waals surface area contributed by atoms with Crippen molar-refractivity contribution >= 4 is 12.1 Å². The second kappa shape index (κ2) is 5.75. The normalized spacial score (nSPS) is 29.5. The Labute approximate surface area is 139 Å². The van der Waals surface area contributed by atoms with Crippen LogP contribution in [0.25, 0.3) is 0 Å². The van der Waals surface area contributed by atoms with Crippen LogP contribution in [-0.2, 0) is 20.7 Å². The van der Waals surface area contributed by atoms with Crippen LogP contribution in [0.4, 0.5) is 4.79 Å². The average Bonchev–Trinajstić information content (AvgIpc) is 2.92. The molecular formula is C17H20N2O5. The maximum Gasteiger partial charge on any atom is 0.410 e. The Balaban J connectivity index is 1.40. The van der Waals surface area contributed by atoms with Crippen LogP contribution in [-0.4, -0.2) is 64.7 Å². The lowest BCUT2D eigenvalue weighted by molar-refractivity contribution is -0.367. The van der Waals surface area contributed by atoms with Crippen LogP contribution in [0.15, 0.2) is 30.3 Å². The van der Waals surface area contributed by atoms with Crippen LogP contribution < -0.4 is 0 Å². The van der Waals surface area contributed by atoms with E-state index in [0.717, 1.165) is 24.9 Å². The predicted octanol–water partition coefficient (Wildman–Crippen LogP) is 1.28. The van der Waals surface area contributed by atoms with Crippen molar-refractivity contribution in [1.82, 2.24) is 9.80 Å². The van der Waals surface area contributed by atoms with E-state index < -0.39 is 18.2 Å². The van der Waals surface area contributed by atoms with Gasteiger partial charge in [-0.15, -0.1) is 0 Å². The highest BCUT2D eigenvalue weighted by atomic mass is 16.6. The van der Waals surface area contributed by atoms with E-state index in [1.54, 1.807) is 4.90 Å².